The second kappa shape index (κ2) is 7.39. The van der Waals surface area contributed by atoms with Gasteiger partial charge in [0, 0.05) is 18.0 Å². The highest BCUT2D eigenvalue weighted by Crippen LogP contribution is 2.22. The Bertz CT molecular complexity index is 1090. The maximum absolute atomic E-state index is 12.5. The van der Waals surface area contributed by atoms with Crippen LogP contribution in [-0.4, -0.2) is 41.4 Å². The Hall–Kier alpha value is -3.89. The van der Waals surface area contributed by atoms with Gasteiger partial charge in [-0.05, 0) is 24.3 Å². The van der Waals surface area contributed by atoms with Crippen LogP contribution in [0.4, 0.5) is 8.78 Å². The van der Waals surface area contributed by atoms with Crippen molar-refractivity contribution in [1.82, 2.24) is 35.2 Å². The highest BCUT2D eigenvalue weighted by Gasteiger charge is 2.17. The molecule has 4 aromatic heterocycles. The largest absolute Gasteiger partial charge is 0.415 e. The molecule has 0 spiro atoms. The van der Waals surface area contributed by atoms with Crippen molar-refractivity contribution in [2.75, 3.05) is 0 Å². The highest BCUT2D eigenvalue weighted by atomic mass is 19.3. The van der Waals surface area contributed by atoms with Crippen molar-refractivity contribution in [2.45, 2.75) is 13.0 Å². The van der Waals surface area contributed by atoms with E-state index in [1.54, 1.807) is 35.1 Å². The average molecular weight is 383 g/mol. The normalized spacial score (nSPS) is 11.1. The number of alkyl halides is 2. The van der Waals surface area contributed by atoms with Crippen molar-refractivity contribution in [3.05, 3.63) is 60.0 Å². The molecule has 0 bridgehead atoms. The summed E-state index contributed by atoms with van der Waals surface area (Å²) in [6.07, 6.45) is 2.50. The third-order valence-corrected chi connectivity index (χ3v) is 3.75. The summed E-state index contributed by atoms with van der Waals surface area (Å²) < 4.78 is 31.5. The van der Waals surface area contributed by atoms with Crippen molar-refractivity contribution in [1.29, 1.82) is 0 Å². The summed E-state index contributed by atoms with van der Waals surface area (Å²) in [5, 5.41) is 14.9. The van der Waals surface area contributed by atoms with E-state index >= 15 is 0 Å². The molecule has 9 nitrogen and oxygen atoms in total. The summed E-state index contributed by atoms with van der Waals surface area (Å²) in [6, 6.07) is 6.66. The van der Waals surface area contributed by atoms with Gasteiger partial charge in [0.15, 0.2) is 6.29 Å². The van der Waals surface area contributed by atoms with E-state index in [1.807, 2.05) is 0 Å². The van der Waals surface area contributed by atoms with Crippen LogP contribution < -0.4 is 0 Å². The zero-order chi connectivity index (χ0) is 19.5. The van der Waals surface area contributed by atoms with Crippen molar-refractivity contribution in [3.63, 3.8) is 0 Å². The number of rotatable bonds is 6. The fraction of sp³-hybridized carbons (Fsp3) is 0.118. The maximum Gasteiger partial charge on any atom is 0.314 e. The van der Waals surface area contributed by atoms with Gasteiger partial charge >= 0.3 is 6.43 Å². The minimum absolute atomic E-state index is 0.0257. The van der Waals surface area contributed by atoms with Crippen LogP contribution in [0.3, 0.4) is 0 Å². The number of hydrogen-bond donors (Lipinski definition) is 0. The summed E-state index contributed by atoms with van der Waals surface area (Å²) in [7, 11) is 0. The molecule has 0 N–H and O–H groups in total. The molecule has 11 heteroatoms. The summed E-state index contributed by atoms with van der Waals surface area (Å²) >= 11 is 0. The number of nitrogens with zero attached hydrogens (tertiary/aromatic N) is 7. The zero-order valence-electron chi connectivity index (χ0n) is 14.1. The van der Waals surface area contributed by atoms with E-state index in [0.29, 0.717) is 41.0 Å². The van der Waals surface area contributed by atoms with E-state index < -0.39 is 12.3 Å². The van der Waals surface area contributed by atoms with Crippen LogP contribution in [0.2, 0.25) is 0 Å². The summed E-state index contributed by atoms with van der Waals surface area (Å²) in [6.45, 7) is 0.339. The molecule has 4 aromatic rings. The van der Waals surface area contributed by atoms with E-state index in [0.717, 1.165) is 0 Å². The number of halogens is 2. The molecule has 0 saturated carbocycles. The van der Waals surface area contributed by atoms with Gasteiger partial charge in [-0.3, -0.25) is 14.8 Å². The molecule has 0 amide bonds. The first-order valence-corrected chi connectivity index (χ1v) is 8.01. The molecule has 0 radical (unpaired) electrons. The van der Waals surface area contributed by atoms with Crippen LogP contribution in [0, 0.1) is 0 Å². The first-order chi connectivity index (χ1) is 13.6. The minimum atomic E-state index is -2.82. The summed E-state index contributed by atoms with van der Waals surface area (Å²) in [5.74, 6) is -0.758. The molecule has 140 valence electrons. The zero-order valence-corrected chi connectivity index (χ0v) is 14.1. The summed E-state index contributed by atoms with van der Waals surface area (Å²) in [4.78, 5) is 19.1. The van der Waals surface area contributed by atoms with E-state index in [4.69, 9.17) is 4.42 Å². The molecule has 4 rings (SSSR count). The van der Waals surface area contributed by atoms with Crippen molar-refractivity contribution in [3.8, 4) is 22.8 Å². The lowest BCUT2D eigenvalue weighted by Gasteiger charge is -2.01. The quantitative estimate of drug-likeness (QED) is 0.467. The van der Waals surface area contributed by atoms with Crippen molar-refractivity contribution < 1.29 is 18.0 Å². The third-order valence-electron chi connectivity index (χ3n) is 3.75. The van der Waals surface area contributed by atoms with Gasteiger partial charge in [-0.1, -0.05) is 5.21 Å². The molecule has 0 saturated heterocycles. The fourth-order valence-electron chi connectivity index (χ4n) is 2.37. The Labute approximate surface area is 156 Å². The highest BCUT2D eigenvalue weighted by molar-refractivity contribution is 5.74. The third kappa shape index (κ3) is 3.63. The monoisotopic (exact) mass is 383 g/mol. The van der Waals surface area contributed by atoms with E-state index in [9.17, 15) is 13.6 Å². The van der Waals surface area contributed by atoms with Crippen LogP contribution in [-0.2, 0) is 6.54 Å². The SMILES string of the molecule is O=Cc1ccc(-c2cn(Cc3ccc(-c4nnc(C(F)F)o4)cn3)nn2)nc1. The maximum atomic E-state index is 12.5. The smallest absolute Gasteiger partial charge is 0.314 e. The summed E-state index contributed by atoms with van der Waals surface area (Å²) in [5.41, 5.74) is 2.72. The van der Waals surface area contributed by atoms with Gasteiger partial charge in [0.2, 0.25) is 5.89 Å². The van der Waals surface area contributed by atoms with Gasteiger partial charge < -0.3 is 4.42 Å². The van der Waals surface area contributed by atoms with Gasteiger partial charge in [0.25, 0.3) is 5.89 Å². The average Bonchev–Trinajstić information content (AvgIpc) is 3.39. The van der Waals surface area contributed by atoms with Gasteiger partial charge in [0.1, 0.15) is 5.69 Å². The van der Waals surface area contributed by atoms with Gasteiger partial charge in [-0.2, -0.15) is 8.78 Å². The topological polar surface area (TPSA) is 112 Å². The lowest BCUT2D eigenvalue weighted by Crippen LogP contribution is -2.02. The molecular weight excluding hydrogens is 372 g/mol. The van der Waals surface area contributed by atoms with E-state index in [-0.39, 0.29) is 5.89 Å². The Morgan fingerprint density at radius 3 is 2.57 bits per heavy atom. The van der Waals surface area contributed by atoms with Crippen LogP contribution in [0.15, 0.2) is 47.3 Å². The number of carbonyl (C=O) groups is 1. The lowest BCUT2D eigenvalue weighted by atomic mass is 10.2. The molecule has 4 heterocycles. The van der Waals surface area contributed by atoms with Gasteiger partial charge in [-0.15, -0.1) is 15.3 Å². The second-order valence-corrected chi connectivity index (χ2v) is 5.68. The minimum Gasteiger partial charge on any atom is -0.415 e. The fourth-order valence-corrected chi connectivity index (χ4v) is 2.37. The lowest BCUT2D eigenvalue weighted by molar-refractivity contribution is 0.112. The van der Waals surface area contributed by atoms with Crippen molar-refractivity contribution in [2.24, 2.45) is 0 Å². The van der Waals surface area contributed by atoms with E-state index in [1.165, 1.54) is 12.4 Å². The standard InChI is InChI=1S/C17H11F2N7O2/c18-15(19)17-24-23-16(28-17)11-2-3-12(20-6-11)7-26-8-14(22-25-26)13-4-1-10(9-27)5-21-13/h1-6,8-9,15H,7H2. The number of aromatic nitrogens is 7. The number of pyridine rings is 2. The molecule has 0 aliphatic rings. The van der Waals surface area contributed by atoms with Crippen molar-refractivity contribution >= 4 is 6.29 Å². The Morgan fingerprint density at radius 2 is 1.93 bits per heavy atom. The molecular formula is C17H11F2N7O2. The molecule has 0 aliphatic heterocycles. The molecule has 0 aliphatic carbocycles. The number of carbonyl (C=O) groups excluding carboxylic acids is 1. The number of hydrogen-bond acceptors (Lipinski definition) is 8. The Morgan fingerprint density at radius 1 is 1.04 bits per heavy atom. The number of aldehydes is 1. The van der Waals surface area contributed by atoms with Crippen LogP contribution in [0.5, 0.6) is 0 Å². The predicted molar refractivity (Wildman–Crippen MR) is 90.2 cm³/mol. The Balaban J connectivity index is 1.47. The predicted octanol–water partition coefficient (Wildman–Crippen LogP) is 2.58. The van der Waals surface area contributed by atoms with Crippen LogP contribution in [0.25, 0.3) is 22.8 Å². The second-order valence-electron chi connectivity index (χ2n) is 5.68. The first kappa shape index (κ1) is 17.5. The molecule has 0 fully saturated rings. The van der Waals surface area contributed by atoms with Crippen LogP contribution >= 0.6 is 0 Å². The molecule has 0 unspecified atom stereocenters. The van der Waals surface area contributed by atoms with Crippen LogP contribution in [0.1, 0.15) is 28.4 Å². The molecule has 0 aromatic carbocycles. The van der Waals surface area contributed by atoms with Gasteiger partial charge in [0.05, 0.1) is 29.7 Å². The van der Waals surface area contributed by atoms with E-state index in [2.05, 4.69) is 30.5 Å². The Kier molecular flexibility index (Phi) is 4.62. The molecule has 0 atom stereocenters. The first-order valence-electron chi connectivity index (χ1n) is 8.01. The molecule has 28 heavy (non-hydrogen) atoms. The van der Waals surface area contributed by atoms with Gasteiger partial charge in [-0.25, -0.2) is 4.68 Å².